The van der Waals surface area contributed by atoms with Crippen molar-refractivity contribution in [2.45, 2.75) is 135 Å². The molecule has 0 unspecified atom stereocenters. The summed E-state index contributed by atoms with van der Waals surface area (Å²) in [6.07, 6.45) is 3.02. The summed E-state index contributed by atoms with van der Waals surface area (Å²) >= 11 is 2.31. The fraction of sp³-hybridized carbons (Fsp3) is 0.917. The Labute approximate surface area is 212 Å². The van der Waals surface area contributed by atoms with Crippen molar-refractivity contribution in [3.05, 3.63) is 10.2 Å². The molecule has 0 saturated heterocycles. The molecule has 0 spiro atoms. The van der Waals surface area contributed by atoms with E-state index in [1.165, 1.54) is 0 Å². The maximum Gasteiger partial charge on any atom is 0.193 e. The topological polar surface area (TPSA) is 27.7 Å². The highest BCUT2D eigenvalue weighted by atomic mass is 127. The number of hydrogen-bond acceptors (Lipinski definition) is 3. The van der Waals surface area contributed by atoms with Crippen LogP contribution in [0.2, 0.25) is 54.4 Å². The van der Waals surface area contributed by atoms with E-state index in [0.29, 0.717) is 0 Å². The fourth-order valence-corrected chi connectivity index (χ4v) is 6.42. The highest BCUT2D eigenvalue weighted by Crippen LogP contribution is 2.41. The summed E-state index contributed by atoms with van der Waals surface area (Å²) in [5.41, 5.74) is 0. The molecule has 0 aliphatic heterocycles. The molecule has 0 aromatic rings. The lowest BCUT2D eigenvalue weighted by molar-refractivity contribution is 0.0468. The van der Waals surface area contributed by atoms with E-state index in [1.807, 2.05) is 0 Å². The summed E-state index contributed by atoms with van der Waals surface area (Å²) in [7, 11) is -5.70. The monoisotopic (exact) mass is 600 g/mol. The van der Waals surface area contributed by atoms with Crippen LogP contribution in [0.4, 0.5) is 0 Å². The van der Waals surface area contributed by atoms with Crippen LogP contribution in [0.1, 0.15) is 68.7 Å². The van der Waals surface area contributed by atoms with Crippen LogP contribution in [0.5, 0.6) is 0 Å². The van der Waals surface area contributed by atoms with Crippen LogP contribution in [0.25, 0.3) is 0 Å². The molecule has 0 heterocycles. The lowest BCUT2D eigenvalue weighted by Crippen LogP contribution is -2.52. The van der Waals surface area contributed by atoms with Gasteiger partial charge in [-0.2, -0.15) is 0 Å². The van der Waals surface area contributed by atoms with Gasteiger partial charge in [-0.25, -0.2) is 0 Å². The molecule has 0 aliphatic rings. The van der Waals surface area contributed by atoms with Gasteiger partial charge in [0.05, 0.1) is 12.2 Å². The Balaban J connectivity index is 5.86. The van der Waals surface area contributed by atoms with Crippen molar-refractivity contribution in [3.8, 4) is 0 Å². The van der Waals surface area contributed by atoms with E-state index in [0.717, 1.165) is 13.0 Å². The summed E-state index contributed by atoms with van der Waals surface area (Å²) in [4.78, 5) is 0. The Kier molecular flexibility index (Phi) is 11.5. The largest absolute Gasteiger partial charge is 0.417 e. The van der Waals surface area contributed by atoms with Crippen molar-refractivity contribution in [2.24, 2.45) is 0 Å². The lowest BCUT2D eigenvalue weighted by Gasteiger charge is -2.45. The van der Waals surface area contributed by atoms with Crippen LogP contribution in [-0.4, -0.2) is 43.8 Å². The molecule has 0 N–H and O–H groups in total. The maximum absolute atomic E-state index is 6.99. The van der Waals surface area contributed by atoms with Crippen molar-refractivity contribution in [1.82, 2.24) is 0 Å². The van der Waals surface area contributed by atoms with Crippen molar-refractivity contribution >= 4 is 47.5 Å². The van der Waals surface area contributed by atoms with Gasteiger partial charge in [0.25, 0.3) is 0 Å². The molecular formula is C24H53IO3Si3. The first-order valence-electron chi connectivity index (χ1n) is 11.7. The zero-order chi connectivity index (χ0) is 25.1. The first kappa shape index (κ1) is 32.0. The molecule has 186 valence electrons. The first-order valence-corrected chi connectivity index (χ1v) is 21.7. The van der Waals surface area contributed by atoms with E-state index >= 15 is 0 Å². The average Bonchev–Trinajstić information content (AvgIpc) is 2.49. The quantitative estimate of drug-likeness (QED) is 0.185. The molecule has 2 atom stereocenters. The minimum Gasteiger partial charge on any atom is -0.417 e. The highest BCUT2D eigenvalue weighted by Gasteiger charge is 2.44. The van der Waals surface area contributed by atoms with Crippen LogP contribution >= 0.6 is 22.6 Å². The molecule has 3 nitrogen and oxygen atoms in total. The Morgan fingerprint density at radius 1 is 0.677 bits per heavy atom. The van der Waals surface area contributed by atoms with Crippen molar-refractivity contribution in [2.75, 3.05) is 6.61 Å². The average molecular weight is 601 g/mol. The molecule has 0 fully saturated rings. The van der Waals surface area contributed by atoms with Gasteiger partial charge in [-0.15, -0.1) is 0 Å². The van der Waals surface area contributed by atoms with E-state index < -0.39 is 25.0 Å². The number of rotatable bonds is 10. The summed E-state index contributed by atoms with van der Waals surface area (Å²) < 4.78 is 22.6. The SMILES string of the molecule is CC(C)(C)[Si](C)(C)OCC[C@H](O[Si](C)(C)C(C)(C)C)[C@H](/C=C/I)O[Si](C)(C)C(C)(C)C. The van der Waals surface area contributed by atoms with Gasteiger partial charge in [0.2, 0.25) is 0 Å². The number of hydrogen-bond donors (Lipinski definition) is 0. The minimum absolute atomic E-state index is 0.00537. The molecule has 0 amide bonds. The molecule has 31 heavy (non-hydrogen) atoms. The normalized spacial score (nSPS) is 17.3. The van der Waals surface area contributed by atoms with Crippen LogP contribution in [0, 0.1) is 0 Å². The van der Waals surface area contributed by atoms with Crippen LogP contribution < -0.4 is 0 Å². The highest BCUT2D eigenvalue weighted by molar-refractivity contribution is 14.1. The standard InChI is InChI=1S/C24H53IO3Si3/c1-22(2,3)29(10,11)26-19-17-21(28-31(14,15)24(7,8)9)20(16-18-25)27-30(12,13)23(4,5)6/h16,18,20-21H,17,19H2,1-15H3/b18-16+/t20-,21-/m0/s1. The van der Waals surface area contributed by atoms with Gasteiger partial charge in [0.15, 0.2) is 25.0 Å². The van der Waals surface area contributed by atoms with Crippen LogP contribution in [-0.2, 0) is 13.3 Å². The zero-order valence-electron chi connectivity index (χ0n) is 23.3. The zero-order valence-corrected chi connectivity index (χ0v) is 28.5. The van der Waals surface area contributed by atoms with Gasteiger partial charge >= 0.3 is 0 Å². The van der Waals surface area contributed by atoms with Crippen LogP contribution in [0.15, 0.2) is 10.2 Å². The van der Waals surface area contributed by atoms with E-state index in [9.17, 15) is 0 Å². The Morgan fingerprint density at radius 3 is 1.42 bits per heavy atom. The predicted molar refractivity (Wildman–Crippen MR) is 155 cm³/mol. The third-order valence-electron chi connectivity index (χ3n) is 7.79. The second-order valence-electron chi connectivity index (χ2n) is 13.5. The van der Waals surface area contributed by atoms with E-state index in [-0.39, 0.29) is 27.3 Å². The lowest BCUT2D eigenvalue weighted by atomic mass is 10.1. The second-order valence-corrected chi connectivity index (χ2v) is 28.5. The molecule has 7 heteroatoms. The Hall–Kier alpha value is 1.00. The van der Waals surface area contributed by atoms with Gasteiger partial charge in [0.1, 0.15) is 0 Å². The summed E-state index contributed by atoms with van der Waals surface area (Å²) in [6.45, 7) is 35.4. The van der Waals surface area contributed by atoms with Crippen molar-refractivity contribution in [3.63, 3.8) is 0 Å². The van der Waals surface area contributed by atoms with Gasteiger partial charge in [0, 0.05) is 6.61 Å². The van der Waals surface area contributed by atoms with Crippen LogP contribution in [0.3, 0.4) is 0 Å². The fourth-order valence-electron chi connectivity index (χ4n) is 2.32. The Morgan fingerprint density at radius 2 is 1.06 bits per heavy atom. The van der Waals surface area contributed by atoms with E-state index in [4.69, 9.17) is 13.3 Å². The maximum atomic E-state index is 6.99. The third-order valence-corrected chi connectivity index (χ3v) is 21.7. The van der Waals surface area contributed by atoms with Crippen molar-refractivity contribution < 1.29 is 13.3 Å². The summed E-state index contributed by atoms with van der Waals surface area (Å²) in [5.74, 6) is 0. The minimum atomic E-state index is -1.96. The van der Waals surface area contributed by atoms with Gasteiger partial charge in [-0.1, -0.05) is 84.9 Å². The Bertz CT molecular complexity index is 582. The molecule has 0 saturated carbocycles. The van der Waals surface area contributed by atoms with Gasteiger partial charge < -0.3 is 13.3 Å². The number of halogens is 1. The van der Waals surface area contributed by atoms with E-state index in [1.54, 1.807) is 0 Å². The summed E-state index contributed by atoms with van der Waals surface area (Å²) in [6, 6.07) is 0. The molecule has 0 aliphatic carbocycles. The predicted octanol–water partition coefficient (Wildman–Crippen LogP) is 9.13. The van der Waals surface area contributed by atoms with Crippen molar-refractivity contribution in [1.29, 1.82) is 0 Å². The molecule has 0 bridgehead atoms. The molecular weight excluding hydrogens is 547 g/mol. The first-order chi connectivity index (χ1) is 13.5. The smallest absolute Gasteiger partial charge is 0.193 e. The molecule has 0 rings (SSSR count). The second kappa shape index (κ2) is 11.2. The van der Waals surface area contributed by atoms with Gasteiger partial charge in [-0.05, 0) is 71.0 Å². The molecule has 0 aromatic carbocycles. The summed E-state index contributed by atoms with van der Waals surface area (Å²) in [5, 5.41) is 0.520. The molecule has 0 aromatic heterocycles. The third kappa shape index (κ3) is 9.64. The van der Waals surface area contributed by atoms with E-state index in [2.05, 4.69) is 134 Å². The molecule has 0 radical (unpaired) electrons. The van der Waals surface area contributed by atoms with Gasteiger partial charge in [-0.3, -0.25) is 0 Å².